The number of nitrogens with zero attached hydrogens (tertiary/aromatic N) is 2. The summed E-state index contributed by atoms with van der Waals surface area (Å²) in [7, 11) is -3.41. The number of fused-ring (bicyclic) bond motifs is 1. The SMILES string of the molecule is CSc1ccc(CCNC(=O)CCCn2ccc3cc(S(=O)(=O)N4CCCC4)ccc32)cc1. The zero-order valence-corrected chi connectivity index (χ0v) is 20.6. The highest BCUT2D eigenvalue weighted by Gasteiger charge is 2.27. The van der Waals surface area contributed by atoms with Crippen LogP contribution in [-0.4, -0.2) is 49.1 Å². The third-order valence-electron chi connectivity index (χ3n) is 6.14. The maximum Gasteiger partial charge on any atom is 0.243 e. The second kappa shape index (κ2) is 10.8. The Kier molecular flexibility index (Phi) is 7.78. The minimum absolute atomic E-state index is 0.0613. The molecule has 0 aliphatic carbocycles. The Hall–Kier alpha value is -2.29. The van der Waals surface area contributed by atoms with Crippen molar-refractivity contribution in [1.29, 1.82) is 0 Å². The predicted molar refractivity (Wildman–Crippen MR) is 134 cm³/mol. The van der Waals surface area contributed by atoms with Gasteiger partial charge in [0.25, 0.3) is 0 Å². The van der Waals surface area contributed by atoms with Crippen LogP contribution in [0.15, 0.2) is 64.5 Å². The number of aryl methyl sites for hydroxylation is 1. The fraction of sp³-hybridized carbons (Fsp3) is 0.400. The zero-order chi connectivity index (χ0) is 23.3. The summed E-state index contributed by atoms with van der Waals surface area (Å²) in [4.78, 5) is 13.8. The maximum absolute atomic E-state index is 12.8. The molecule has 1 amide bonds. The third-order valence-corrected chi connectivity index (χ3v) is 8.78. The van der Waals surface area contributed by atoms with E-state index < -0.39 is 10.0 Å². The van der Waals surface area contributed by atoms with Gasteiger partial charge in [0.15, 0.2) is 0 Å². The lowest BCUT2D eigenvalue weighted by Gasteiger charge is -2.15. The highest BCUT2D eigenvalue weighted by molar-refractivity contribution is 7.98. The average molecular weight is 486 g/mol. The predicted octanol–water partition coefficient (Wildman–Crippen LogP) is 4.29. The minimum atomic E-state index is -3.41. The highest BCUT2D eigenvalue weighted by Crippen LogP contribution is 2.25. The van der Waals surface area contributed by atoms with Crippen molar-refractivity contribution < 1.29 is 13.2 Å². The van der Waals surface area contributed by atoms with Gasteiger partial charge in [-0.15, -0.1) is 11.8 Å². The van der Waals surface area contributed by atoms with Gasteiger partial charge >= 0.3 is 0 Å². The van der Waals surface area contributed by atoms with Crippen LogP contribution in [-0.2, 0) is 27.8 Å². The number of benzene rings is 2. The summed E-state index contributed by atoms with van der Waals surface area (Å²) >= 11 is 1.72. The van der Waals surface area contributed by atoms with Crippen molar-refractivity contribution in [3.05, 3.63) is 60.3 Å². The number of carbonyl (C=O) groups excluding carboxylic acids is 1. The van der Waals surface area contributed by atoms with Gasteiger partial charge in [0.1, 0.15) is 0 Å². The summed E-state index contributed by atoms with van der Waals surface area (Å²) in [5, 5.41) is 3.91. The molecule has 2 heterocycles. The number of carbonyl (C=O) groups is 1. The Morgan fingerprint density at radius 1 is 1.06 bits per heavy atom. The molecule has 6 nitrogen and oxygen atoms in total. The molecular weight excluding hydrogens is 454 g/mol. The lowest BCUT2D eigenvalue weighted by molar-refractivity contribution is -0.121. The van der Waals surface area contributed by atoms with Crippen molar-refractivity contribution in [2.75, 3.05) is 25.9 Å². The van der Waals surface area contributed by atoms with Crippen LogP contribution >= 0.6 is 11.8 Å². The standard InChI is InChI=1S/C25H31N3O3S2/c1-32-22-8-6-20(7-9-22)12-14-26-25(29)5-4-15-27-18-13-21-19-23(10-11-24(21)27)33(30,31)28-16-2-3-17-28/h6-11,13,18-19H,2-5,12,14-17H2,1H3,(H,26,29). The largest absolute Gasteiger partial charge is 0.356 e. The van der Waals surface area contributed by atoms with E-state index in [-0.39, 0.29) is 5.91 Å². The number of hydrogen-bond donors (Lipinski definition) is 1. The van der Waals surface area contributed by atoms with Crippen LogP contribution in [0, 0.1) is 0 Å². The molecule has 0 atom stereocenters. The Labute approximate surface area is 200 Å². The Bertz CT molecular complexity index is 1200. The van der Waals surface area contributed by atoms with Crippen LogP contribution in [0.3, 0.4) is 0 Å². The number of thioether (sulfide) groups is 1. The molecule has 1 saturated heterocycles. The van der Waals surface area contributed by atoms with Crippen molar-refractivity contribution in [3.63, 3.8) is 0 Å². The molecule has 0 saturated carbocycles. The molecule has 3 aromatic rings. The monoisotopic (exact) mass is 485 g/mol. The molecule has 8 heteroatoms. The number of hydrogen-bond acceptors (Lipinski definition) is 4. The van der Waals surface area contributed by atoms with Crippen LogP contribution in [0.5, 0.6) is 0 Å². The smallest absolute Gasteiger partial charge is 0.243 e. The molecule has 0 unspecified atom stereocenters. The van der Waals surface area contributed by atoms with Gasteiger partial charge in [0.2, 0.25) is 15.9 Å². The van der Waals surface area contributed by atoms with E-state index in [1.54, 1.807) is 28.2 Å². The summed E-state index contributed by atoms with van der Waals surface area (Å²) in [6.07, 6.45) is 7.90. The van der Waals surface area contributed by atoms with Gasteiger partial charge in [-0.05, 0) is 73.9 Å². The van der Waals surface area contributed by atoms with Crippen molar-refractivity contribution in [2.24, 2.45) is 0 Å². The number of nitrogens with one attached hydrogen (secondary N) is 1. The summed E-state index contributed by atoms with van der Waals surface area (Å²) in [5.74, 6) is 0.0613. The summed E-state index contributed by atoms with van der Waals surface area (Å²) in [6.45, 7) is 2.56. The Morgan fingerprint density at radius 3 is 2.55 bits per heavy atom. The lowest BCUT2D eigenvalue weighted by Crippen LogP contribution is -2.27. The van der Waals surface area contributed by atoms with Crippen molar-refractivity contribution >= 4 is 38.6 Å². The molecule has 4 rings (SSSR count). The number of aromatic nitrogens is 1. The molecule has 33 heavy (non-hydrogen) atoms. The van der Waals surface area contributed by atoms with Gasteiger partial charge in [-0.1, -0.05) is 12.1 Å². The highest BCUT2D eigenvalue weighted by atomic mass is 32.2. The molecule has 0 bridgehead atoms. The van der Waals surface area contributed by atoms with Crippen LogP contribution in [0.2, 0.25) is 0 Å². The molecule has 176 valence electrons. The van der Waals surface area contributed by atoms with E-state index in [0.717, 1.165) is 36.6 Å². The summed E-state index contributed by atoms with van der Waals surface area (Å²) in [5.41, 5.74) is 2.21. The van der Waals surface area contributed by atoms with Gasteiger partial charge in [-0.3, -0.25) is 4.79 Å². The molecule has 1 aromatic heterocycles. The molecule has 1 N–H and O–H groups in total. The fourth-order valence-corrected chi connectivity index (χ4v) is 6.21. The van der Waals surface area contributed by atoms with Gasteiger partial charge in [-0.25, -0.2) is 8.42 Å². The molecule has 1 aliphatic rings. The second-order valence-corrected chi connectivity index (χ2v) is 11.2. The molecule has 2 aromatic carbocycles. The van der Waals surface area contributed by atoms with Crippen LogP contribution in [0.4, 0.5) is 0 Å². The van der Waals surface area contributed by atoms with Gasteiger partial charge < -0.3 is 9.88 Å². The van der Waals surface area contributed by atoms with E-state index in [1.807, 2.05) is 18.3 Å². The normalized spacial score (nSPS) is 14.7. The maximum atomic E-state index is 12.8. The first-order valence-electron chi connectivity index (χ1n) is 11.5. The second-order valence-electron chi connectivity index (χ2n) is 8.39. The fourth-order valence-electron chi connectivity index (χ4n) is 4.25. The van der Waals surface area contributed by atoms with Gasteiger partial charge in [0.05, 0.1) is 4.90 Å². The van der Waals surface area contributed by atoms with Crippen molar-refractivity contribution in [2.45, 2.75) is 48.4 Å². The molecule has 1 aliphatic heterocycles. The van der Waals surface area contributed by atoms with E-state index in [2.05, 4.69) is 40.4 Å². The third kappa shape index (κ3) is 5.80. The molecule has 1 fully saturated rings. The van der Waals surface area contributed by atoms with E-state index in [4.69, 9.17) is 0 Å². The summed E-state index contributed by atoms with van der Waals surface area (Å²) in [6, 6.07) is 15.7. The van der Waals surface area contributed by atoms with Gasteiger partial charge in [-0.2, -0.15) is 4.31 Å². The van der Waals surface area contributed by atoms with Crippen LogP contribution in [0.1, 0.15) is 31.2 Å². The first-order chi connectivity index (χ1) is 16.0. The lowest BCUT2D eigenvalue weighted by atomic mass is 10.1. The van der Waals surface area contributed by atoms with Gasteiger partial charge in [0, 0.05) is 54.6 Å². The molecule has 0 radical (unpaired) electrons. The van der Waals surface area contributed by atoms with E-state index in [1.165, 1.54) is 10.5 Å². The van der Waals surface area contributed by atoms with E-state index in [0.29, 0.717) is 37.5 Å². The van der Waals surface area contributed by atoms with E-state index >= 15 is 0 Å². The van der Waals surface area contributed by atoms with E-state index in [9.17, 15) is 13.2 Å². The Balaban J connectivity index is 1.26. The molecular formula is C25H31N3O3S2. The van der Waals surface area contributed by atoms with Crippen LogP contribution in [0.25, 0.3) is 10.9 Å². The minimum Gasteiger partial charge on any atom is -0.356 e. The Morgan fingerprint density at radius 2 is 1.82 bits per heavy atom. The quantitative estimate of drug-likeness (QED) is 0.435. The first-order valence-corrected chi connectivity index (χ1v) is 14.1. The van der Waals surface area contributed by atoms with Crippen molar-refractivity contribution in [3.8, 4) is 0 Å². The average Bonchev–Trinajstić information content (AvgIpc) is 3.50. The molecule has 0 spiro atoms. The number of rotatable bonds is 10. The zero-order valence-electron chi connectivity index (χ0n) is 19.0. The number of sulfonamides is 1. The number of amides is 1. The van der Waals surface area contributed by atoms with Crippen molar-refractivity contribution in [1.82, 2.24) is 14.2 Å². The van der Waals surface area contributed by atoms with Crippen LogP contribution < -0.4 is 5.32 Å². The first kappa shape index (κ1) is 23.9. The summed E-state index contributed by atoms with van der Waals surface area (Å²) < 4.78 is 29.3. The topological polar surface area (TPSA) is 71.4 Å².